The second-order valence-electron chi connectivity index (χ2n) is 5.94. The molecular weight excluding hydrogens is 294 g/mol. The predicted octanol–water partition coefficient (Wildman–Crippen LogP) is 4.25. The molecule has 0 atom stereocenters. The lowest BCUT2D eigenvalue weighted by Gasteiger charge is -2.41. The molecule has 1 aliphatic heterocycles. The Balaban J connectivity index is 0.00000176. The van der Waals surface area contributed by atoms with Gasteiger partial charge in [-0.05, 0) is 31.0 Å². The molecular formula is C19H24ClNO. The molecule has 3 heteroatoms. The zero-order valence-corrected chi connectivity index (χ0v) is 13.9. The summed E-state index contributed by atoms with van der Waals surface area (Å²) in [6.45, 7) is 2.85. The minimum atomic E-state index is -0.135. The van der Waals surface area contributed by atoms with Gasteiger partial charge in [0.25, 0.3) is 0 Å². The topological polar surface area (TPSA) is 12.5 Å². The van der Waals surface area contributed by atoms with Crippen molar-refractivity contribution in [3.8, 4) is 0 Å². The van der Waals surface area contributed by atoms with E-state index in [1.807, 2.05) is 6.07 Å². The molecule has 118 valence electrons. The van der Waals surface area contributed by atoms with E-state index in [0.29, 0.717) is 6.61 Å². The number of halogens is 1. The molecule has 0 bridgehead atoms. The van der Waals surface area contributed by atoms with E-state index < -0.39 is 0 Å². The molecule has 0 N–H and O–H groups in total. The van der Waals surface area contributed by atoms with Crippen molar-refractivity contribution in [1.29, 1.82) is 0 Å². The van der Waals surface area contributed by atoms with Crippen molar-refractivity contribution in [2.45, 2.75) is 25.0 Å². The maximum absolute atomic E-state index is 6.46. The monoisotopic (exact) mass is 317 g/mol. The van der Waals surface area contributed by atoms with Crippen LogP contribution in [0.2, 0.25) is 0 Å². The lowest BCUT2D eigenvalue weighted by molar-refractivity contribution is -0.0966. The Kier molecular flexibility index (Phi) is 6.01. The van der Waals surface area contributed by atoms with Crippen LogP contribution in [0.3, 0.4) is 0 Å². The lowest BCUT2D eigenvalue weighted by atomic mass is 9.84. The van der Waals surface area contributed by atoms with E-state index in [9.17, 15) is 0 Å². The molecule has 0 aliphatic carbocycles. The number of ether oxygens (including phenoxy) is 1. The number of rotatable bonds is 4. The van der Waals surface area contributed by atoms with Crippen LogP contribution in [0.5, 0.6) is 0 Å². The first-order valence-electron chi connectivity index (χ1n) is 7.70. The number of hydrogen-bond donors (Lipinski definition) is 0. The van der Waals surface area contributed by atoms with Crippen molar-refractivity contribution in [1.82, 2.24) is 4.90 Å². The largest absolute Gasteiger partial charge is 0.366 e. The summed E-state index contributed by atoms with van der Waals surface area (Å²) in [5, 5.41) is 0. The van der Waals surface area contributed by atoms with Gasteiger partial charge in [0.2, 0.25) is 0 Å². The predicted molar refractivity (Wildman–Crippen MR) is 93.3 cm³/mol. The minimum absolute atomic E-state index is 0. The van der Waals surface area contributed by atoms with Crippen molar-refractivity contribution in [3.05, 3.63) is 71.8 Å². The fourth-order valence-corrected chi connectivity index (χ4v) is 3.03. The Morgan fingerprint density at radius 2 is 1.45 bits per heavy atom. The third-order valence-electron chi connectivity index (χ3n) is 4.45. The van der Waals surface area contributed by atoms with Crippen LogP contribution < -0.4 is 0 Å². The molecule has 22 heavy (non-hydrogen) atoms. The SMILES string of the molecule is CN1CCC(OCc2ccccc2)(c2ccccc2)CC1.Cl. The van der Waals surface area contributed by atoms with E-state index in [2.05, 4.69) is 66.5 Å². The van der Waals surface area contributed by atoms with Gasteiger partial charge in [-0.2, -0.15) is 0 Å². The summed E-state index contributed by atoms with van der Waals surface area (Å²) >= 11 is 0. The number of hydrogen-bond acceptors (Lipinski definition) is 2. The maximum atomic E-state index is 6.46. The minimum Gasteiger partial charge on any atom is -0.366 e. The van der Waals surface area contributed by atoms with Crippen molar-refractivity contribution < 1.29 is 4.74 Å². The Hall–Kier alpha value is -1.35. The van der Waals surface area contributed by atoms with E-state index in [1.165, 1.54) is 11.1 Å². The summed E-state index contributed by atoms with van der Waals surface area (Å²) in [6.07, 6.45) is 2.11. The molecule has 2 aromatic rings. The first kappa shape index (κ1) is 17.0. The summed E-state index contributed by atoms with van der Waals surface area (Å²) in [4.78, 5) is 2.38. The second-order valence-corrected chi connectivity index (χ2v) is 5.94. The van der Waals surface area contributed by atoms with Crippen LogP contribution in [0.4, 0.5) is 0 Å². The molecule has 0 radical (unpaired) electrons. The Labute approximate surface area is 139 Å². The van der Waals surface area contributed by atoms with Crippen molar-refractivity contribution in [3.63, 3.8) is 0 Å². The highest BCUT2D eigenvalue weighted by atomic mass is 35.5. The molecule has 3 rings (SSSR count). The van der Waals surface area contributed by atoms with Crippen LogP contribution in [0.15, 0.2) is 60.7 Å². The third-order valence-corrected chi connectivity index (χ3v) is 4.45. The van der Waals surface area contributed by atoms with Crippen LogP contribution >= 0.6 is 12.4 Å². The molecule has 0 spiro atoms. The fraction of sp³-hybridized carbons (Fsp3) is 0.368. The number of benzene rings is 2. The molecule has 1 fully saturated rings. The Bertz CT molecular complexity index is 550. The van der Waals surface area contributed by atoms with E-state index in [4.69, 9.17) is 4.74 Å². The molecule has 1 heterocycles. The number of nitrogens with zero attached hydrogens (tertiary/aromatic N) is 1. The van der Waals surface area contributed by atoms with Crippen LogP contribution in [-0.4, -0.2) is 25.0 Å². The number of piperidine rings is 1. The van der Waals surface area contributed by atoms with Gasteiger partial charge in [-0.1, -0.05) is 60.7 Å². The second kappa shape index (κ2) is 7.77. The average Bonchev–Trinajstić information content (AvgIpc) is 2.57. The van der Waals surface area contributed by atoms with Gasteiger partial charge in [0.05, 0.1) is 12.2 Å². The van der Waals surface area contributed by atoms with Crippen LogP contribution in [-0.2, 0) is 16.9 Å². The zero-order valence-electron chi connectivity index (χ0n) is 13.1. The van der Waals surface area contributed by atoms with Crippen molar-refractivity contribution in [2.75, 3.05) is 20.1 Å². The lowest BCUT2D eigenvalue weighted by Crippen LogP contribution is -2.42. The van der Waals surface area contributed by atoms with Gasteiger partial charge in [0, 0.05) is 13.1 Å². The van der Waals surface area contributed by atoms with Gasteiger partial charge in [0.1, 0.15) is 0 Å². The van der Waals surface area contributed by atoms with E-state index in [-0.39, 0.29) is 18.0 Å². The highest BCUT2D eigenvalue weighted by Crippen LogP contribution is 2.37. The fourth-order valence-electron chi connectivity index (χ4n) is 3.03. The third kappa shape index (κ3) is 3.89. The Morgan fingerprint density at radius 3 is 2.05 bits per heavy atom. The van der Waals surface area contributed by atoms with E-state index >= 15 is 0 Å². The molecule has 2 aromatic carbocycles. The van der Waals surface area contributed by atoms with Gasteiger partial charge in [0.15, 0.2) is 0 Å². The highest BCUT2D eigenvalue weighted by Gasteiger charge is 2.36. The summed E-state index contributed by atoms with van der Waals surface area (Å²) in [6, 6.07) is 21.2. The molecule has 1 aliphatic rings. The standard InChI is InChI=1S/C19H23NO.ClH/c1-20-14-12-19(13-15-20,18-10-6-3-7-11-18)21-16-17-8-4-2-5-9-17;/h2-11H,12-16H2,1H3;1H. The summed E-state index contributed by atoms with van der Waals surface area (Å²) in [7, 11) is 2.19. The highest BCUT2D eigenvalue weighted by molar-refractivity contribution is 5.85. The van der Waals surface area contributed by atoms with E-state index in [0.717, 1.165) is 25.9 Å². The summed E-state index contributed by atoms with van der Waals surface area (Å²) in [5.41, 5.74) is 2.42. The summed E-state index contributed by atoms with van der Waals surface area (Å²) in [5.74, 6) is 0. The molecule has 0 unspecified atom stereocenters. The first-order valence-corrected chi connectivity index (χ1v) is 7.70. The molecule has 0 aromatic heterocycles. The molecule has 1 saturated heterocycles. The normalized spacial score (nSPS) is 17.7. The van der Waals surface area contributed by atoms with Crippen LogP contribution in [0.25, 0.3) is 0 Å². The van der Waals surface area contributed by atoms with Gasteiger partial charge < -0.3 is 9.64 Å². The van der Waals surface area contributed by atoms with Gasteiger partial charge >= 0.3 is 0 Å². The Morgan fingerprint density at radius 1 is 0.909 bits per heavy atom. The van der Waals surface area contributed by atoms with Gasteiger partial charge in [-0.3, -0.25) is 0 Å². The zero-order chi connectivity index (χ0) is 14.5. The van der Waals surface area contributed by atoms with Gasteiger partial charge in [-0.15, -0.1) is 12.4 Å². The van der Waals surface area contributed by atoms with E-state index in [1.54, 1.807) is 0 Å². The molecule has 0 saturated carbocycles. The van der Waals surface area contributed by atoms with Crippen LogP contribution in [0, 0.1) is 0 Å². The number of likely N-dealkylation sites (tertiary alicyclic amines) is 1. The van der Waals surface area contributed by atoms with Crippen LogP contribution in [0.1, 0.15) is 24.0 Å². The molecule has 0 amide bonds. The first-order chi connectivity index (χ1) is 10.3. The van der Waals surface area contributed by atoms with Gasteiger partial charge in [-0.25, -0.2) is 0 Å². The summed E-state index contributed by atoms with van der Waals surface area (Å²) < 4.78 is 6.46. The average molecular weight is 318 g/mol. The quantitative estimate of drug-likeness (QED) is 0.836. The smallest absolute Gasteiger partial charge is 0.0960 e. The maximum Gasteiger partial charge on any atom is 0.0960 e. The van der Waals surface area contributed by atoms with Crippen molar-refractivity contribution >= 4 is 12.4 Å². The molecule has 2 nitrogen and oxygen atoms in total. The van der Waals surface area contributed by atoms with Crippen molar-refractivity contribution in [2.24, 2.45) is 0 Å².